The van der Waals surface area contributed by atoms with Gasteiger partial charge in [0.05, 0.1) is 11.0 Å². The van der Waals surface area contributed by atoms with Gasteiger partial charge >= 0.3 is 0 Å². The summed E-state index contributed by atoms with van der Waals surface area (Å²) < 4.78 is 4.96. The van der Waals surface area contributed by atoms with Crippen LogP contribution in [0.5, 0.6) is 0 Å². The Bertz CT molecular complexity index is 2460. The first-order chi connectivity index (χ1) is 22.7. The van der Waals surface area contributed by atoms with E-state index in [1.54, 1.807) is 0 Å². The van der Waals surface area contributed by atoms with Crippen LogP contribution in [0.25, 0.3) is 65.2 Å². The second-order valence-corrected chi connectivity index (χ2v) is 12.8. The summed E-state index contributed by atoms with van der Waals surface area (Å²) >= 11 is 6.52. The second kappa shape index (κ2) is 10.5. The van der Waals surface area contributed by atoms with Crippen molar-refractivity contribution in [3.63, 3.8) is 0 Å². The minimum Gasteiger partial charge on any atom is -0.340 e. The van der Waals surface area contributed by atoms with Crippen LogP contribution in [0.1, 0.15) is 36.5 Å². The molecule has 0 fully saturated rings. The van der Waals surface area contributed by atoms with Gasteiger partial charge in [-0.1, -0.05) is 109 Å². The zero-order valence-electron chi connectivity index (χ0n) is 26.0. The summed E-state index contributed by atoms with van der Waals surface area (Å²) in [5.41, 5.74) is 9.04. The quantitative estimate of drug-likeness (QED) is 0.171. The van der Waals surface area contributed by atoms with Gasteiger partial charge in [-0.25, -0.2) is 0 Å². The topological polar surface area (TPSA) is 9.86 Å². The summed E-state index contributed by atoms with van der Waals surface area (Å²) in [6.07, 6.45) is 0. The van der Waals surface area contributed by atoms with Gasteiger partial charge in [-0.05, 0) is 77.7 Å². The third-order valence-electron chi connectivity index (χ3n) is 10.1. The van der Waals surface area contributed by atoms with Gasteiger partial charge in [0.2, 0.25) is 0 Å². The maximum Gasteiger partial charge on any atom is 0.0571 e. The highest BCUT2D eigenvalue weighted by atomic mass is 35.5. The maximum atomic E-state index is 6.52. The van der Waals surface area contributed by atoms with Crippen LogP contribution in [0.4, 0.5) is 0 Å². The molecule has 222 valence electrons. The summed E-state index contributed by atoms with van der Waals surface area (Å²) in [6.45, 7) is 6.33. The Balaban J connectivity index is 1.47. The SMILES string of the molecule is CCn1c2ccccc2c2cc(C(c3ccc(Cl)cc3)c3cc4c5ccccc5n(CC)c4c4ccccc34)c3ccccc3c21. The predicted molar refractivity (Wildman–Crippen MR) is 198 cm³/mol. The summed E-state index contributed by atoms with van der Waals surface area (Å²) in [4.78, 5) is 0. The second-order valence-electron chi connectivity index (χ2n) is 12.3. The van der Waals surface area contributed by atoms with Crippen molar-refractivity contribution >= 4 is 76.8 Å². The molecule has 46 heavy (non-hydrogen) atoms. The Hall–Kier alpha value is -5.05. The molecule has 0 radical (unpaired) electrons. The van der Waals surface area contributed by atoms with Crippen LogP contribution in [-0.4, -0.2) is 9.13 Å². The normalized spacial score (nSPS) is 12.2. The average Bonchev–Trinajstić information content (AvgIpc) is 3.61. The summed E-state index contributed by atoms with van der Waals surface area (Å²) in [5, 5.41) is 11.1. The number of benzene rings is 7. The first-order valence-electron chi connectivity index (χ1n) is 16.3. The Kier molecular flexibility index (Phi) is 6.23. The molecule has 0 saturated carbocycles. The van der Waals surface area contributed by atoms with Gasteiger partial charge in [-0.15, -0.1) is 0 Å². The van der Waals surface area contributed by atoms with E-state index >= 15 is 0 Å². The van der Waals surface area contributed by atoms with Crippen molar-refractivity contribution in [1.29, 1.82) is 0 Å². The fourth-order valence-corrected chi connectivity index (χ4v) is 8.33. The highest BCUT2D eigenvalue weighted by Gasteiger charge is 2.26. The van der Waals surface area contributed by atoms with Crippen molar-refractivity contribution in [1.82, 2.24) is 9.13 Å². The molecule has 2 aromatic heterocycles. The Morgan fingerprint density at radius 3 is 1.28 bits per heavy atom. The molecule has 0 spiro atoms. The molecule has 7 aromatic carbocycles. The average molecular weight is 613 g/mol. The van der Waals surface area contributed by atoms with Crippen molar-refractivity contribution in [3.8, 4) is 0 Å². The van der Waals surface area contributed by atoms with E-state index in [1.165, 1.54) is 81.8 Å². The van der Waals surface area contributed by atoms with Gasteiger partial charge in [-0.2, -0.15) is 0 Å². The van der Waals surface area contributed by atoms with Crippen LogP contribution in [0.15, 0.2) is 133 Å². The molecule has 9 rings (SSSR count). The first kappa shape index (κ1) is 27.3. The van der Waals surface area contributed by atoms with Crippen LogP contribution in [0.2, 0.25) is 5.02 Å². The highest BCUT2D eigenvalue weighted by Crippen LogP contribution is 2.46. The summed E-state index contributed by atoms with van der Waals surface area (Å²) in [6, 6.07) is 49.2. The van der Waals surface area contributed by atoms with Crippen molar-refractivity contribution in [2.75, 3.05) is 0 Å². The van der Waals surface area contributed by atoms with Crippen LogP contribution in [-0.2, 0) is 13.1 Å². The minimum atomic E-state index is -0.0201. The number of aryl methyl sites for hydroxylation is 2. The lowest BCUT2D eigenvalue weighted by atomic mass is 9.79. The van der Waals surface area contributed by atoms with Crippen LogP contribution >= 0.6 is 11.6 Å². The third kappa shape index (κ3) is 3.83. The van der Waals surface area contributed by atoms with Crippen molar-refractivity contribution < 1.29 is 0 Å². The number of rotatable bonds is 5. The monoisotopic (exact) mass is 612 g/mol. The first-order valence-corrected chi connectivity index (χ1v) is 16.7. The van der Waals surface area contributed by atoms with Crippen molar-refractivity contribution in [2.24, 2.45) is 0 Å². The highest BCUT2D eigenvalue weighted by molar-refractivity contribution is 6.30. The fraction of sp³-hybridized carbons (Fsp3) is 0.116. The minimum absolute atomic E-state index is 0.0201. The molecule has 0 aliphatic heterocycles. The standard InChI is InChI=1S/C43H33ClN2/c1-3-45-39-19-11-9-15-31(39)37-25-35(29-13-5-7-17-33(29)42(37)45)41(27-21-23-28(44)24-22-27)36-26-38-32-16-10-12-20-40(32)46(4-2)43(38)34-18-8-6-14-30(34)36/h5-26,41H,3-4H2,1-2H3. The number of hydrogen-bond donors (Lipinski definition) is 0. The zero-order chi connectivity index (χ0) is 30.9. The Labute approximate surface area is 273 Å². The van der Waals surface area contributed by atoms with E-state index in [0.717, 1.165) is 18.1 Å². The number of para-hydroxylation sites is 2. The lowest BCUT2D eigenvalue weighted by Crippen LogP contribution is -2.06. The molecule has 0 aliphatic carbocycles. The summed E-state index contributed by atoms with van der Waals surface area (Å²) in [7, 11) is 0. The number of hydrogen-bond acceptors (Lipinski definition) is 0. The molecule has 0 aliphatic rings. The van der Waals surface area contributed by atoms with Crippen molar-refractivity contribution in [2.45, 2.75) is 32.9 Å². The fourth-order valence-electron chi connectivity index (χ4n) is 8.20. The number of nitrogens with zero attached hydrogens (tertiary/aromatic N) is 2. The molecule has 0 N–H and O–H groups in total. The molecule has 2 heterocycles. The van der Waals surface area contributed by atoms with Crippen LogP contribution in [0, 0.1) is 0 Å². The van der Waals surface area contributed by atoms with Gasteiger partial charge in [0, 0.05) is 67.4 Å². The third-order valence-corrected chi connectivity index (χ3v) is 10.3. The molecule has 3 heteroatoms. The van der Waals surface area contributed by atoms with Crippen LogP contribution in [0.3, 0.4) is 0 Å². The molecule has 0 unspecified atom stereocenters. The predicted octanol–water partition coefficient (Wildman–Crippen LogP) is 12.1. The molecular weight excluding hydrogens is 580 g/mol. The smallest absolute Gasteiger partial charge is 0.0571 e. The van der Waals surface area contributed by atoms with E-state index in [2.05, 4.69) is 144 Å². The number of fused-ring (bicyclic) bond motifs is 10. The van der Waals surface area contributed by atoms with E-state index in [0.29, 0.717) is 0 Å². The molecular formula is C43H33ClN2. The van der Waals surface area contributed by atoms with Gasteiger partial charge in [0.15, 0.2) is 0 Å². The lowest BCUT2D eigenvalue weighted by Gasteiger charge is -2.24. The summed E-state index contributed by atoms with van der Waals surface area (Å²) in [5.74, 6) is -0.0201. The van der Waals surface area contributed by atoms with Gasteiger partial charge in [0.1, 0.15) is 0 Å². The lowest BCUT2D eigenvalue weighted by molar-refractivity contribution is 0.829. The molecule has 0 saturated heterocycles. The Morgan fingerprint density at radius 1 is 0.457 bits per heavy atom. The van der Waals surface area contributed by atoms with Gasteiger partial charge in [-0.3, -0.25) is 0 Å². The van der Waals surface area contributed by atoms with Gasteiger partial charge in [0.25, 0.3) is 0 Å². The van der Waals surface area contributed by atoms with E-state index in [9.17, 15) is 0 Å². The van der Waals surface area contributed by atoms with Gasteiger partial charge < -0.3 is 9.13 Å². The number of halogens is 1. The molecule has 2 nitrogen and oxygen atoms in total. The van der Waals surface area contributed by atoms with E-state index in [1.807, 2.05) is 12.1 Å². The molecule has 9 aromatic rings. The number of aromatic nitrogens is 2. The largest absolute Gasteiger partial charge is 0.340 e. The maximum absolute atomic E-state index is 6.52. The van der Waals surface area contributed by atoms with E-state index < -0.39 is 0 Å². The zero-order valence-corrected chi connectivity index (χ0v) is 26.7. The van der Waals surface area contributed by atoms with Crippen LogP contribution < -0.4 is 0 Å². The molecule has 0 amide bonds. The van der Waals surface area contributed by atoms with E-state index in [4.69, 9.17) is 11.6 Å². The van der Waals surface area contributed by atoms with E-state index in [-0.39, 0.29) is 5.92 Å². The molecule has 0 bridgehead atoms. The Morgan fingerprint density at radius 2 is 0.848 bits per heavy atom. The van der Waals surface area contributed by atoms with Crippen molar-refractivity contribution in [3.05, 3.63) is 155 Å². The molecule has 0 atom stereocenters.